The van der Waals surface area contributed by atoms with Gasteiger partial charge in [0.15, 0.2) is 0 Å². The minimum atomic E-state index is -0.282. The number of aromatic nitrogens is 1. The highest BCUT2D eigenvalue weighted by molar-refractivity contribution is 6.42. The molecule has 0 amide bonds. The second-order valence-corrected chi connectivity index (χ2v) is 4.22. The van der Waals surface area contributed by atoms with Gasteiger partial charge >= 0.3 is 0 Å². The lowest BCUT2D eigenvalue weighted by atomic mass is 10.0. The number of hydrogen-bond donors (Lipinski definition) is 1. The quantitative estimate of drug-likeness (QED) is 0.890. The van der Waals surface area contributed by atoms with E-state index in [1.165, 1.54) is 0 Å². The van der Waals surface area contributed by atoms with Crippen molar-refractivity contribution in [3.63, 3.8) is 0 Å². The third kappa shape index (κ3) is 2.35. The van der Waals surface area contributed by atoms with Gasteiger partial charge in [-0.25, -0.2) is 0 Å². The van der Waals surface area contributed by atoms with E-state index in [2.05, 4.69) is 4.98 Å². The Morgan fingerprint density at radius 3 is 2.50 bits per heavy atom. The predicted octanol–water partition coefficient (Wildman–Crippen LogP) is 3.44. The number of halogens is 2. The van der Waals surface area contributed by atoms with Crippen molar-refractivity contribution in [1.82, 2.24) is 4.98 Å². The Bertz CT molecular complexity index is 486. The molecule has 1 heterocycles. The Morgan fingerprint density at radius 2 is 1.88 bits per heavy atom. The number of pyridine rings is 1. The topological polar surface area (TPSA) is 38.9 Å². The Hall–Kier alpha value is -1.09. The van der Waals surface area contributed by atoms with E-state index >= 15 is 0 Å². The van der Waals surface area contributed by atoms with E-state index in [-0.39, 0.29) is 6.04 Å². The van der Waals surface area contributed by atoms with E-state index in [9.17, 15) is 0 Å². The molecule has 0 bridgehead atoms. The van der Waals surface area contributed by atoms with Gasteiger partial charge in [0.1, 0.15) is 0 Å². The van der Waals surface area contributed by atoms with Crippen molar-refractivity contribution in [3.8, 4) is 0 Å². The summed E-state index contributed by atoms with van der Waals surface area (Å²) in [4.78, 5) is 4.21. The third-order valence-corrected chi connectivity index (χ3v) is 3.05. The fourth-order valence-corrected chi connectivity index (χ4v) is 1.74. The number of nitrogens with two attached hydrogens (primary N) is 1. The summed E-state index contributed by atoms with van der Waals surface area (Å²) in [5.74, 6) is 0. The molecule has 2 rings (SSSR count). The second-order valence-electron chi connectivity index (χ2n) is 3.41. The average Bonchev–Trinajstić information content (AvgIpc) is 2.33. The summed E-state index contributed by atoms with van der Waals surface area (Å²) in [5.41, 5.74) is 7.77. The summed E-state index contributed by atoms with van der Waals surface area (Å²) in [6.45, 7) is 0. The lowest BCUT2D eigenvalue weighted by Gasteiger charge is -2.11. The summed E-state index contributed by atoms with van der Waals surface area (Å²) in [7, 11) is 0. The van der Waals surface area contributed by atoms with E-state index in [1.807, 2.05) is 24.3 Å². The average molecular weight is 253 g/mol. The molecule has 0 aliphatic heterocycles. The van der Waals surface area contributed by atoms with Gasteiger partial charge in [0.05, 0.1) is 21.8 Å². The van der Waals surface area contributed by atoms with Crippen molar-refractivity contribution >= 4 is 23.2 Å². The molecule has 2 aromatic rings. The molecular weight excluding hydrogens is 243 g/mol. The first-order valence-electron chi connectivity index (χ1n) is 4.80. The number of nitrogens with zero attached hydrogens (tertiary/aromatic N) is 1. The molecule has 16 heavy (non-hydrogen) atoms. The van der Waals surface area contributed by atoms with Crippen LogP contribution in [0.4, 0.5) is 0 Å². The van der Waals surface area contributed by atoms with Gasteiger partial charge in [-0.2, -0.15) is 0 Å². The van der Waals surface area contributed by atoms with Crippen molar-refractivity contribution in [1.29, 1.82) is 0 Å². The van der Waals surface area contributed by atoms with E-state index < -0.39 is 0 Å². The molecule has 1 unspecified atom stereocenters. The molecule has 0 fully saturated rings. The van der Waals surface area contributed by atoms with Crippen LogP contribution in [0.3, 0.4) is 0 Å². The standard InChI is InChI=1S/C12H10Cl2N2/c13-9-5-4-8(7-10(9)14)12(15)11-3-1-2-6-16-11/h1-7,12H,15H2. The van der Waals surface area contributed by atoms with Crippen LogP contribution < -0.4 is 5.73 Å². The van der Waals surface area contributed by atoms with Gasteiger partial charge in [0, 0.05) is 6.20 Å². The highest BCUT2D eigenvalue weighted by Crippen LogP contribution is 2.26. The fraction of sp³-hybridized carbons (Fsp3) is 0.0833. The Morgan fingerprint density at radius 1 is 1.06 bits per heavy atom. The molecule has 82 valence electrons. The molecule has 1 aromatic carbocycles. The van der Waals surface area contributed by atoms with Crippen LogP contribution >= 0.6 is 23.2 Å². The molecule has 2 nitrogen and oxygen atoms in total. The van der Waals surface area contributed by atoms with Gasteiger partial charge in [-0.05, 0) is 29.8 Å². The SMILES string of the molecule is NC(c1ccc(Cl)c(Cl)c1)c1ccccn1. The fourth-order valence-electron chi connectivity index (χ4n) is 1.44. The Labute approximate surface area is 104 Å². The van der Waals surface area contributed by atoms with Crippen LogP contribution in [0.15, 0.2) is 42.6 Å². The second kappa shape index (κ2) is 4.83. The van der Waals surface area contributed by atoms with Gasteiger partial charge < -0.3 is 5.73 Å². The van der Waals surface area contributed by atoms with Gasteiger partial charge in [0.25, 0.3) is 0 Å². The van der Waals surface area contributed by atoms with E-state index in [1.54, 1.807) is 18.3 Å². The highest BCUT2D eigenvalue weighted by atomic mass is 35.5. The monoisotopic (exact) mass is 252 g/mol. The number of rotatable bonds is 2. The van der Waals surface area contributed by atoms with Crippen LogP contribution in [-0.2, 0) is 0 Å². The molecule has 0 aliphatic rings. The van der Waals surface area contributed by atoms with Crippen molar-refractivity contribution in [2.75, 3.05) is 0 Å². The largest absolute Gasteiger partial charge is 0.319 e. The van der Waals surface area contributed by atoms with Gasteiger partial charge in [-0.1, -0.05) is 35.3 Å². The molecule has 4 heteroatoms. The summed E-state index contributed by atoms with van der Waals surface area (Å²) < 4.78 is 0. The van der Waals surface area contributed by atoms with Crippen molar-refractivity contribution in [2.24, 2.45) is 5.73 Å². The van der Waals surface area contributed by atoms with Gasteiger partial charge in [0.2, 0.25) is 0 Å². The predicted molar refractivity (Wildman–Crippen MR) is 66.7 cm³/mol. The Balaban J connectivity index is 2.34. The molecule has 1 aromatic heterocycles. The van der Waals surface area contributed by atoms with Crippen LogP contribution in [0, 0.1) is 0 Å². The first-order chi connectivity index (χ1) is 7.68. The van der Waals surface area contributed by atoms with Crippen molar-refractivity contribution in [3.05, 3.63) is 63.9 Å². The van der Waals surface area contributed by atoms with Crippen molar-refractivity contribution in [2.45, 2.75) is 6.04 Å². The molecule has 0 spiro atoms. The molecule has 1 atom stereocenters. The zero-order chi connectivity index (χ0) is 11.5. The highest BCUT2D eigenvalue weighted by Gasteiger charge is 2.10. The third-order valence-electron chi connectivity index (χ3n) is 2.31. The van der Waals surface area contributed by atoms with Crippen LogP contribution in [0.25, 0.3) is 0 Å². The van der Waals surface area contributed by atoms with E-state index in [4.69, 9.17) is 28.9 Å². The summed E-state index contributed by atoms with van der Waals surface area (Å²) in [6, 6.07) is 10.7. The molecule has 2 N–H and O–H groups in total. The number of hydrogen-bond acceptors (Lipinski definition) is 2. The maximum atomic E-state index is 6.07. The molecular formula is C12H10Cl2N2. The van der Waals surface area contributed by atoms with E-state index in [0.717, 1.165) is 11.3 Å². The lowest BCUT2D eigenvalue weighted by molar-refractivity contribution is 0.829. The minimum absolute atomic E-state index is 0.282. The van der Waals surface area contributed by atoms with E-state index in [0.29, 0.717) is 10.0 Å². The van der Waals surface area contributed by atoms with Crippen LogP contribution in [0.5, 0.6) is 0 Å². The van der Waals surface area contributed by atoms with Crippen LogP contribution in [-0.4, -0.2) is 4.98 Å². The van der Waals surface area contributed by atoms with Gasteiger partial charge in [-0.3, -0.25) is 4.98 Å². The lowest BCUT2D eigenvalue weighted by Crippen LogP contribution is -2.13. The molecule has 0 saturated heterocycles. The zero-order valence-electron chi connectivity index (χ0n) is 8.40. The normalized spacial score (nSPS) is 12.4. The molecule has 0 radical (unpaired) electrons. The van der Waals surface area contributed by atoms with Crippen LogP contribution in [0.2, 0.25) is 10.0 Å². The Kier molecular flexibility index (Phi) is 3.44. The van der Waals surface area contributed by atoms with Crippen molar-refractivity contribution < 1.29 is 0 Å². The molecule has 0 saturated carbocycles. The molecule has 0 aliphatic carbocycles. The minimum Gasteiger partial charge on any atom is -0.319 e. The van der Waals surface area contributed by atoms with Gasteiger partial charge in [-0.15, -0.1) is 0 Å². The number of benzene rings is 1. The first-order valence-corrected chi connectivity index (χ1v) is 5.55. The van der Waals surface area contributed by atoms with Crippen LogP contribution in [0.1, 0.15) is 17.3 Å². The first kappa shape index (κ1) is 11.4. The maximum absolute atomic E-state index is 6.07. The maximum Gasteiger partial charge on any atom is 0.0726 e. The summed E-state index contributed by atoms with van der Waals surface area (Å²) in [6.07, 6.45) is 1.71. The summed E-state index contributed by atoms with van der Waals surface area (Å²) in [5, 5.41) is 1.03. The zero-order valence-corrected chi connectivity index (χ0v) is 9.91. The summed E-state index contributed by atoms with van der Waals surface area (Å²) >= 11 is 11.8. The smallest absolute Gasteiger partial charge is 0.0726 e.